The summed E-state index contributed by atoms with van der Waals surface area (Å²) in [5.41, 5.74) is 3.93. The topological polar surface area (TPSA) is 12.0 Å². The average Bonchev–Trinajstić information content (AvgIpc) is 2.03. The lowest BCUT2D eigenvalue weighted by Gasteiger charge is -1.99. The van der Waals surface area contributed by atoms with Gasteiger partial charge in [0.25, 0.3) is 0 Å². The van der Waals surface area contributed by atoms with Gasteiger partial charge in [-0.05, 0) is 26.5 Å². The van der Waals surface area contributed by atoms with Gasteiger partial charge >= 0.3 is 0 Å². The van der Waals surface area contributed by atoms with Crippen molar-refractivity contribution in [3.05, 3.63) is 41.0 Å². The summed E-state index contributed by atoms with van der Waals surface area (Å²) in [6.45, 7) is 5.18. The lowest BCUT2D eigenvalue weighted by molar-refractivity contribution is 0.922. The predicted octanol–water partition coefficient (Wildman–Crippen LogP) is 2.54. The van der Waals surface area contributed by atoms with Crippen molar-refractivity contribution in [1.29, 1.82) is 0 Å². The van der Waals surface area contributed by atoms with Gasteiger partial charge in [0, 0.05) is 6.54 Å². The molecule has 1 aromatic carbocycles. The summed E-state index contributed by atoms with van der Waals surface area (Å²) in [6, 6.07) is 6.58. The molecule has 0 spiro atoms. The molecular formula is C12H17N. The zero-order valence-corrected chi connectivity index (χ0v) is 8.59. The van der Waals surface area contributed by atoms with E-state index < -0.39 is 0 Å². The molecule has 0 aliphatic rings. The van der Waals surface area contributed by atoms with Gasteiger partial charge in [0.1, 0.15) is 0 Å². The summed E-state index contributed by atoms with van der Waals surface area (Å²) < 4.78 is 0. The van der Waals surface area contributed by atoms with E-state index >= 15 is 0 Å². The summed E-state index contributed by atoms with van der Waals surface area (Å²) in [7, 11) is 1.95. The molecule has 1 nitrogen and oxygen atoms in total. The quantitative estimate of drug-likeness (QED) is 0.744. The highest BCUT2D eigenvalue weighted by atomic mass is 14.8. The summed E-state index contributed by atoms with van der Waals surface area (Å²) >= 11 is 0. The summed E-state index contributed by atoms with van der Waals surface area (Å²) in [6.07, 6.45) is 4.28. The summed E-state index contributed by atoms with van der Waals surface area (Å²) in [5, 5.41) is 3.08. The first-order valence-electron chi connectivity index (χ1n) is 4.62. The maximum Gasteiger partial charge on any atom is 0.0135 e. The van der Waals surface area contributed by atoms with Crippen LogP contribution in [0, 0.1) is 13.8 Å². The highest BCUT2D eigenvalue weighted by Crippen LogP contribution is 2.09. The molecule has 0 atom stereocenters. The molecular weight excluding hydrogens is 158 g/mol. The molecule has 0 fully saturated rings. The van der Waals surface area contributed by atoms with Gasteiger partial charge in [-0.3, -0.25) is 0 Å². The molecule has 0 aliphatic carbocycles. The normalized spacial score (nSPS) is 11.0. The highest BCUT2D eigenvalue weighted by molar-refractivity contribution is 5.51. The second kappa shape index (κ2) is 4.83. The maximum atomic E-state index is 3.08. The minimum atomic E-state index is 0.924. The first-order chi connectivity index (χ1) is 6.22. The van der Waals surface area contributed by atoms with Crippen molar-refractivity contribution < 1.29 is 0 Å². The SMILES string of the molecule is CNCC=Cc1cc(C)cc(C)c1. The molecule has 0 unspecified atom stereocenters. The Bertz CT molecular complexity index is 280. The molecule has 0 saturated heterocycles. The molecule has 0 saturated carbocycles. The van der Waals surface area contributed by atoms with Gasteiger partial charge in [0.15, 0.2) is 0 Å². The number of hydrogen-bond acceptors (Lipinski definition) is 1. The van der Waals surface area contributed by atoms with Crippen molar-refractivity contribution >= 4 is 6.08 Å². The molecule has 0 bridgehead atoms. The van der Waals surface area contributed by atoms with Crippen LogP contribution in [0.2, 0.25) is 0 Å². The zero-order chi connectivity index (χ0) is 9.68. The molecule has 70 valence electrons. The van der Waals surface area contributed by atoms with Crippen molar-refractivity contribution in [1.82, 2.24) is 5.32 Å². The second-order valence-corrected chi connectivity index (χ2v) is 3.38. The van der Waals surface area contributed by atoms with Crippen LogP contribution < -0.4 is 5.32 Å². The van der Waals surface area contributed by atoms with Crippen LogP contribution in [0.3, 0.4) is 0 Å². The fourth-order valence-electron chi connectivity index (χ4n) is 1.42. The van der Waals surface area contributed by atoms with Crippen LogP contribution in [0.15, 0.2) is 24.3 Å². The molecule has 1 rings (SSSR count). The van der Waals surface area contributed by atoms with E-state index in [4.69, 9.17) is 0 Å². The van der Waals surface area contributed by atoms with Crippen LogP contribution in [0.25, 0.3) is 6.08 Å². The third-order valence-corrected chi connectivity index (χ3v) is 1.88. The Hall–Kier alpha value is -1.08. The summed E-state index contributed by atoms with van der Waals surface area (Å²) in [5.74, 6) is 0. The predicted molar refractivity (Wildman–Crippen MR) is 58.9 cm³/mol. The first kappa shape index (κ1) is 10.0. The zero-order valence-electron chi connectivity index (χ0n) is 8.59. The van der Waals surface area contributed by atoms with Gasteiger partial charge in [-0.15, -0.1) is 0 Å². The molecule has 1 aromatic rings. The van der Waals surface area contributed by atoms with E-state index in [9.17, 15) is 0 Å². The molecule has 0 aromatic heterocycles. The van der Waals surface area contributed by atoms with E-state index in [2.05, 4.69) is 49.5 Å². The Morgan fingerprint density at radius 2 is 1.77 bits per heavy atom. The monoisotopic (exact) mass is 175 g/mol. The second-order valence-electron chi connectivity index (χ2n) is 3.38. The van der Waals surface area contributed by atoms with Crippen molar-refractivity contribution in [2.24, 2.45) is 0 Å². The van der Waals surface area contributed by atoms with E-state index in [0.29, 0.717) is 0 Å². The summed E-state index contributed by atoms with van der Waals surface area (Å²) in [4.78, 5) is 0. The van der Waals surface area contributed by atoms with Crippen LogP contribution in [0.4, 0.5) is 0 Å². The Morgan fingerprint density at radius 3 is 2.31 bits per heavy atom. The third-order valence-electron chi connectivity index (χ3n) is 1.88. The Labute approximate surface area is 80.5 Å². The van der Waals surface area contributed by atoms with Gasteiger partial charge in [-0.1, -0.05) is 41.5 Å². The molecule has 13 heavy (non-hydrogen) atoms. The number of hydrogen-bond donors (Lipinski definition) is 1. The van der Waals surface area contributed by atoms with E-state index in [0.717, 1.165) is 6.54 Å². The van der Waals surface area contributed by atoms with Gasteiger partial charge in [0.05, 0.1) is 0 Å². The van der Waals surface area contributed by atoms with E-state index in [1.165, 1.54) is 16.7 Å². The number of nitrogens with one attached hydrogen (secondary N) is 1. The van der Waals surface area contributed by atoms with Crippen LogP contribution >= 0.6 is 0 Å². The smallest absolute Gasteiger partial charge is 0.0135 e. The molecule has 0 heterocycles. The Balaban J connectivity index is 2.77. The molecule has 0 amide bonds. The van der Waals surface area contributed by atoms with Crippen molar-refractivity contribution in [3.8, 4) is 0 Å². The third kappa shape index (κ3) is 3.43. The fourth-order valence-corrected chi connectivity index (χ4v) is 1.42. The standard InChI is InChI=1S/C12H17N/c1-10-7-11(2)9-12(8-10)5-4-6-13-3/h4-5,7-9,13H,6H2,1-3H3. The van der Waals surface area contributed by atoms with Crippen LogP contribution in [0.1, 0.15) is 16.7 Å². The highest BCUT2D eigenvalue weighted by Gasteiger charge is 1.90. The van der Waals surface area contributed by atoms with Gasteiger partial charge in [-0.2, -0.15) is 0 Å². The molecule has 1 heteroatoms. The van der Waals surface area contributed by atoms with Crippen LogP contribution in [-0.4, -0.2) is 13.6 Å². The van der Waals surface area contributed by atoms with Crippen LogP contribution in [0.5, 0.6) is 0 Å². The average molecular weight is 175 g/mol. The van der Waals surface area contributed by atoms with E-state index in [1.807, 2.05) is 7.05 Å². The first-order valence-corrected chi connectivity index (χ1v) is 4.62. The largest absolute Gasteiger partial charge is 0.316 e. The lowest BCUT2D eigenvalue weighted by Crippen LogP contribution is -2.03. The molecule has 1 N–H and O–H groups in total. The van der Waals surface area contributed by atoms with Gasteiger partial charge in [0.2, 0.25) is 0 Å². The molecule has 0 aliphatic heterocycles. The minimum absolute atomic E-state index is 0.924. The minimum Gasteiger partial charge on any atom is -0.316 e. The van der Waals surface area contributed by atoms with Gasteiger partial charge < -0.3 is 5.32 Å². The number of aryl methyl sites for hydroxylation is 2. The number of benzene rings is 1. The molecule has 0 radical (unpaired) electrons. The van der Waals surface area contributed by atoms with Crippen molar-refractivity contribution in [2.75, 3.05) is 13.6 Å². The van der Waals surface area contributed by atoms with E-state index in [1.54, 1.807) is 0 Å². The fraction of sp³-hybridized carbons (Fsp3) is 0.333. The van der Waals surface area contributed by atoms with Crippen LogP contribution in [-0.2, 0) is 0 Å². The maximum absolute atomic E-state index is 3.08. The Morgan fingerprint density at radius 1 is 1.15 bits per heavy atom. The number of rotatable bonds is 3. The van der Waals surface area contributed by atoms with Gasteiger partial charge in [-0.25, -0.2) is 0 Å². The number of likely N-dealkylation sites (N-methyl/N-ethyl adjacent to an activating group) is 1. The van der Waals surface area contributed by atoms with Crippen molar-refractivity contribution in [3.63, 3.8) is 0 Å². The van der Waals surface area contributed by atoms with E-state index in [-0.39, 0.29) is 0 Å². The lowest BCUT2D eigenvalue weighted by atomic mass is 10.1. The Kier molecular flexibility index (Phi) is 3.71. The van der Waals surface area contributed by atoms with Crippen molar-refractivity contribution in [2.45, 2.75) is 13.8 Å².